The molecule has 146 valence electrons. The molecule has 0 fully saturated rings. The van der Waals surface area contributed by atoms with Crippen LogP contribution >= 0.6 is 11.6 Å². The van der Waals surface area contributed by atoms with Gasteiger partial charge in [-0.25, -0.2) is 16.8 Å². The average Bonchev–Trinajstić information content (AvgIpc) is 3.00. The Kier molecular flexibility index (Phi) is 5.86. The van der Waals surface area contributed by atoms with Crippen molar-refractivity contribution in [1.82, 2.24) is 3.97 Å². The first-order chi connectivity index (χ1) is 13.3. The first-order valence-electron chi connectivity index (χ1n) is 8.43. The monoisotopic (exact) mass is 421 g/mol. The van der Waals surface area contributed by atoms with E-state index < -0.39 is 16.0 Å². The number of aryl methyl sites for hydroxylation is 1. The van der Waals surface area contributed by atoms with E-state index in [0.29, 0.717) is 27.2 Å². The van der Waals surface area contributed by atoms with Gasteiger partial charge in [0.15, 0.2) is 0 Å². The number of carboxylic acids is 1. The number of carboxylic acid groups (broad SMARTS) is 1. The van der Waals surface area contributed by atoms with Crippen molar-refractivity contribution < 1.29 is 22.7 Å². The van der Waals surface area contributed by atoms with Crippen LogP contribution in [-0.4, -0.2) is 29.2 Å². The molecule has 28 heavy (non-hydrogen) atoms. The van der Waals surface area contributed by atoms with Gasteiger partial charge in [0.05, 0.1) is 17.7 Å². The quantitative estimate of drug-likeness (QED) is 0.615. The van der Waals surface area contributed by atoms with Crippen molar-refractivity contribution in [3.8, 4) is 0 Å². The second-order valence-electron chi connectivity index (χ2n) is 6.23. The Balaban J connectivity index is 1.95. The Hall–Kier alpha value is -2.64. The number of hydrogen-bond donors (Lipinski definition) is 1. The maximum absolute atomic E-state index is 13.0. The van der Waals surface area contributed by atoms with Crippen molar-refractivity contribution in [2.24, 2.45) is 0 Å². The number of aliphatic carboxylic acids is 1. The highest BCUT2D eigenvalue weighted by Crippen LogP contribution is 2.26. The SMILES string of the molecule is O=C(O)CCc1cc2cc(Cl)ccc2n1S(=O)(=O)CC=Cc1ccc(F)cc1. The summed E-state index contributed by atoms with van der Waals surface area (Å²) in [6, 6.07) is 12.2. The molecule has 0 atom stereocenters. The molecule has 5 nitrogen and oxygen atoms in total. The van der Waals surface area contributed by atoms with Crippen molar-refractivity contribution in [1.29, 1.82) is 0 Å². The standard InChI is InChI=1S/C20H17ClFNO4S/c21-16-5-9-19-15(12-16)13-18(8-10-20(24)25)23(19)28(26,27)11-1-2-14-3-6-17(22)7-4-14/h1-7,9,12-13H,8,10-11H2,(H,24,25). The number of benzene rings is 2. The molecule has 0 radical (unpaired) electrons. The molecule has 8 heteroatoms. The van der Waals surface area contributed by atoms with Gasteiger partial charge in [-0.2, -0.15) is 0 Å². The van der Waals surface area contributed by atoms with E-state index in [1.54, 1.807) is 42.5 Å². The molecule has 1 N–H and O–H groups in total. The fourth-order valence-electron chi connectivity index (χ4n) is 2.91. The number of hydrogen-bond acceptors (Lipinski definition) is 3. The number of aromatic nitrogens is 1. The minimum absolute atomic E-state index is 0.0720. The van der Waals surface area contributed by atoms with Crippen molar-refractivity contribution in [3.05, 3.63) is 76.7 Å². The van der Waals surface area contributed by atoms with Crippen LogP contribution in [0.5, 0.6) is 0 Å². The van der Waals surface area contributed by atoms with Crippen LogP contribution in [0.25, 0.3) is 17.0 Å². The maximum atomic E-state index is 13.0. The van der Waals surface area contributed by atoms with Crippen LogP contribution in [0.4, 0.5) is 4.39 Å². The van der Waals surface area contributed by atoms with Gasteiger partial charge in [0, 0.05) is 16.1 Å². The van der Waals surface area contributed by atoms with Crippen LogP contribution in [-0.2, 0) is 21.2 Å². The van der Waals surface area contributed by atoms with Gasteiger partial charge in [-0.05, 0) is 48.4 Å². The van der Waals surface area contributed by atoms with E-state index in [9.17, 15) is 17.6 Å². The molecule has 0 aliphatic carbocycles. The van der Waals surface area contributed by atoms with Gasteiger partial charge in [0.1, 0.15) is 5.82 Å². The Morgan fingerprint density at radius 3 is 2.54 bits per heavy atom. The topological polar surface area (TPSA) is 76.4 Å². The van der Waals surface area contributed by atoms with Gasteiger partial charge in [-0.1, -0.05) is 35.9 Å². The third-order valence-electron chi connectivity index (χ3n) is 4.15. The van der Waals surface area contributed by atoms with Crippen LogP contribution < -0.4 is 0 Å². The fourth-order valence-corrected chi connectivity index (χ4v) is 4.55. The number of nitrogens with zero attached hydrogens (tertiary/aromatic N) is 1. The Morgan fingerprint density at radius 1 is 1.14 bits per heavy atom. The molecule has 0 saturated carbocycles. The molecule has 3 aromatic rings. The summed E-state index contributed by atoms with van der Waals surface area (Å²) in [6.07, 6.45) is 2.95. The third-order valence-corrected chi connectivity index (χ3v) is 5.99. The van der Waals surface area contributed by atoms with Gasteiger partial charge in [0.25, 0.3) is 0 Å². The third kappa shape index (κ3) is 4.61. The zero-order chi connectivity index (χ0) is 20.3. The zero-order valence-electron chi connectivity index (χ0n) is 14.7. The van der Waals surface area contributed by atoms with E-state index in [2.05, 4.69) is 0 Å². The summed E-state index contributed by atoms with van der Waals surface area (Å²) < 4.78 is 40.1. The minimum atomic E-state index is -3.79. The first kappa shape index (κ1) is 20.1. The summed E-state index contributed by atoms with van der Waals surface area (Å²) in [6.45, 7) is 0. The van der Waals surface area contributed by atoms with Crippen molar-refractivity contribution in [2.45, 2.75) is 12.8 Å². The first-order valence-corrected chi connectivity index (χ1v) is 10.4. The van der Waals surface area contributed by atoms with Gasteiger partial charge in [-0.3, -0.25) is 4.79 Å². The van der Waals surface area contributed by atoms with Crippen LogP contribution in [0.15, 0.2) is 54.6 Å². The molecule has 0 bridgehead atoms. The number of rotatable bonds is 7. The fraction of sp³-hybridized carbons (Fsp3) is 0.150. The number of carbonyl (C=O) groups is 1. The highest BCUT2D eigenvalue weighted by atomic mass is 35.5. The molecule has 1 aromatic heterocycles. The number of halogens is 2. The average molecular weight is 422 g/mol. The summed E-state index contributed by atoms with van der Waals surface area (Å²) in [5.74, 6) is -1.68. The lowest BCUT2D eigenvalue weighted by molar-refractivity contribution is -0.136. The van der Waals surface area contributed by atoms with E-state index in [-0.39, 0.29) is 24.4 Å². The molecule has 0 unspecified atom stereocenters. The van der Waals surface area contributed by atoms with Crippen LogP contribution in [0.2, 0.25) is 5.02 Å². The van der Waals surface area contributed by atoms with Crippen molar-refractivity contribution >= 4 is 44.6 Å². The van der Waals surface area contributed by atoms with Gasteiger partial charge in [0.2, 0.25) is 10.0 Å². The molecule has 3 rings (SSSR count). The Labute approximate surface area is 166 Å². The predicted octanol–water partition coefficient (Wildman–Crippen LogP) is 4.34. The summed E-state index contributed by atoms with van der Waals surface area (Å²) in [5.41, 5.74) is 1.50. The summed E-state index contributed by atoms with van der Waals surface area (Å²) >= 11 is 5.99. The second-order valence-corrected chi connectivity index (χ2v) is 8.53. The lowest BCUT2D eigenvalue weighted by Gasteiger charge is -2.10. The minimum Gasteiger partial charge on any atom is -0.481 e. The molecule has 2 aromatic carbocycles. The second kappa shape index (κ2) is 8.16. The van der Waals surface area contributed by atoms with Crippen LogP contribution in [0.3, 0.4) is 0 Å². The molecular weight excluding hydrogens is 405 g/mol. The molecule has 0 amide bonds. The van der Waals surface area contributed by atoms with Crippen molar-refractivity contribution in [3.63, 3.8) is 0 Å². The molecule has 0 saturated heterocycles. The molecule has 0 aliphatic heterocycles. The van der Waals surface area contributed by atoms with Crippen LogP contribution in [0, 0.1) is 5.82 Å². The highest BCUT2D eigenvalue weighted by molar-refractivity contribution is 7.90. The van der Waals surface area contributed by atoms with Gasteiger partial charge in [-0.15, -0.1) is 0 Å². The smallest absolute Gasteiger partial charge is 0.303 e. The highest BCUT2D eigenvalue weighted by Gasteiger charge is 2.20. The van der Waals surface area contributed by atoms with E-state index in [4.69, 9.17) is 16.7 Å². The van der Waals surface area contributed by atoms with E-state index in [1.807, 2.05) is 0 Å². The largest absolute Gasteiger partial charge is 0.481 e. The number of fused-ring (bicyclic) bond motifs is 1. The maximum Gasteiger partial charge on any atom is 0.303 e. The van der Waals surface area contributed by atoms with Gasteiger partial charge < -0.3 is 5.11 Å². The lowest BCUT2D eigenvalue weighted by Crippen LogP contribution is -2.18. The molecular formula is C20H17ClFNO4S. The zero-order valence-corrected chi connectivity index (χ0v) is 16.3. The normalized spacial score (nSPS) is 12.1. The van der Waals surface area contributed by atoms with E-state index in [1.165, 1.54) is 22.2 Å². The summed E-state index contributed by atoms with van der Waals surface area (Å²) in [4.78, 5) is 10.9. The Bertz CT molecular complexity index is 1150. The predicted molar refractivity (Wildman–Crippen MR) is 108 cm³/mol. The lowest BCUT2D eigenvalue weighted by atomic mass is 10.2. The van der Waals surface area contributed by atoms with Crippen LogP contribution in [0.1, 0.15) is 17.7 Å². The Morgan fingerprint density at radius 2 is 1.86 bits per heavy atom. The van der Waals surface area contributed by atoms with E-state index >= 15 is 0 Å². The van der Waals surface area contributed by atoms with Gasteiger partial charge >= 0.3 is 5.97 Å². The summed E-state index contributed by atoms with van der Waals surface area (Å²) in [7, 11) is -3.79. The summed E-state index contributed by atoms with van der Waals surface area (Å²) in [5, 5.41) is 10.0. The molecule has 0 spiro atoms. The van der Waals surface area contributed by atoms with E-state index in [0.717, 1.165) is 0 Å². The molecule has 0 aliphatic rings. The molecule has 1 heterocycles. The van der Waals surface area contributed by atoms with Crippen molar-refractivity contribution in [2.75, 3.05) is 5.75 Å².